The standard InChI is InChI=1S/C17H21ClN6/c1-10-13(18)14(24(5)23-10)16-21-19-15(20-22-16)11-6-8-12(9-7-11)17(2,3)4/h6-9H,1-5H3,(H,19,20)(H,21,22). The number of nitrogens with zero attached hydrogens (tertiary/aromatic N) is 4. The van der Waals surface area contributed by atoms with E-state index in [0.717, 1.165) is 11.3 Å². The van der Waals surface area contributed by atoms with Gasteiger partial charge < -0.3 is 0 Å². The van der Waals surface area contributed by atoms with Crippen LogP contribution in [0.2, 0.25) is 5.02 Å². The van der Waals surface area contributed by atoms with Crippen LogP contribution in [0.3, 0.4) is 0 Å². The van der Waals surface area contributed by atoms with E-state index in [-0.39, 0.29) is 5.41 Å². The minimum Gasteiger partial charge on any atom is -0.263 e. The van der Waals surface area contributed by atoms with Crippen molar-refractivity contribution in [3.8, 4) is 0 Å². The highest BCUT2D eigenvalue weighted by Gasteiger charge is 2.20. The third-order valence-corrected chi connectivity index (χ3v) is 4.40. The molecule has 0 amide bonds. The van der Waals surface area contributed by atoms with Gasteiger partial charge in [-0.2, -0.15) is 15.3 Å². The molecule has 0 radical (unpaired) electrons. The Morgan fingerprint density at radius 3 is 2.04 bits per heavy atom. The summed E-state index contributed by atoms with van der Waals surface area (Å²) in [5, 5.41) is 13.6. The summed E-state index contributed by atoms with van der Waals surface area (Å²) in [6.45, 7) is 8.43. The summed E-state index contributed by atoms with van der Waals surface area (Å²) in [5.74, 6) is 1.20. The molecule has 0 saturated carbocycles. The van der Waals surface area contributed by atoms with Crippen molar-refractivity contribution in [2.75, 3.05) is 0 Å². The van der Waals surface area contributed by atoms with E-state index in [1.807, 2.05) is 26.1 Å². The first-order valence-electron chi connectivity index (χ1n) is 7.75. The van der Waals surface area contributed by atoms with Crippen molar-refractivity contribution in [3.05, 3.63) is 51.8 Å². The fourth-order valence-electron chi connectivity index (χ4n) is 2.52. The fraction of sp³-hybridized carbons (Fsp3) is 0.353. The highest BCUT2D eigenvalue weighted by molar-refractivity contribution is 6.34. The van der Waals surface area contributed by atoms with E-state index >= 15 is 0 Å². The smallest absolute Gasteiger partial charge is 0.193 e. The predicted molar refractivity (Wildman–Crippen MR) is 97.4 cm³/mol. The molecule has 24 heavy (non-hydrogen) atoms. The van der Waals surface area contributed by atoms with E-state index in [2.05, 4.69) is 59.1 Å². The van der Waals surface area contributed by atoms with Crippen molar-refractivity contribution >= 4 is 23.3 Å². The number of nitrogens with one attached hydrogen (secondary N) is 2. The van der Waals surface area contributed by atoms with E-state index in [4.69, 9.17) is 11.6 Å². The van der Waals surface area contributed by atoms with Gasteiger partial charge in [-0.3, -0.25) is 15.5 Å². The summed E-state index contributed by atoms with van der Waals surface area (Å²) in [6, 6.07) is 8.30. The molecule has 2 N–H and O–H groups in total. The first kappa shape index (κ1) is 16.5. The quantitative estimate of drug-likeness (QED) is 0.880. The van der Waals surface area contributed by atoms with Crippen LogP contribution in [0.4, 0.5) is 0 Å². The van der Waals surface area contributed by atoms with Crippen molar-refractivity contribution in [3.63, 3.8) is 0 Å². The van der Waals surface area contributed by atoms with Crippen molar-refractivity contribution in [2.24, 2.45) is 17.3 Å². The van der Waals surface area contributed by atoms with Crippen LogP contribution in [-0.4, -0.2) is 21.5 Å². The summed E-state index contributed by atoms with van der Waals surface area (Å²) >= 11 is 6.28. The van der Waals surface area contributed by atoms with Crippen molar-refractivity contribution in [1.29, 1.82) is 0 Å². The predicted octanol–water partition coefficient (Wildman–Crippen LogP) is 2.90. The first-order valence-corrected chi connectivity index (χ1v) is 8.13. The third kappa shape index (κ3) is 3.01. The van der Waals surface area contributed by atoms with Crippen LogP contribution in [0.1, 0.15) is 43.3 Å². The summed E-state index contributed by atoms with van der Waals surface area (Å²) in [5.41, 5.74) is 9.75. The lowest BCUT2D eigenvalue weighted by atomic mass is 9.86. The Labute approximate surface area is 146 Å². The summed E-state index contributed by atoms with van der Waals surface area (Å²) in [7, 11) is 1.82. The number of hydrogen-bond donors (Lipinski definition) is 2. The molecule has 2 aromatic rings. The molecule has 3 rings (SSSR count). The molecule has 1 aromatic heterocycles. The van der Waals surface area contributed by atoms with Crippen molar-refractivity contribution < 1.29 is 0 Å². The Kier molecular flexibility index (Phi) is 4.09. The molecule has 0 spiro atoms. The van der Waals surface area contributed by atoms with Gasteiger partial charge >= 0.3 is 0 Å². The minimum atomic E-state index is 0.123. The molecule has 6 nitrogen and oxygen atoms in total. The van der Waals surface area contributed by atoms with Crippen LogP contribution in [0.25, 0.3) is 0 Å². The van der Waals surface area contributed by atoms with Gasteiger partial charge in [-0.05, 0) is 17.9 Å². The molecular weight excluding hydrogens is 324 g/mol. The van der Waals surface area contributed by atoms with Crippen LogP contribution in [-0.2, 0) is 12.5 Å². The maximum atomic E-state index is 6.28. The Bertz CT molecular complexity index is 824. The normalized spacial score (nSPS) is 14.6. The largest absolute Gasteiger partial charge is 0.263 e. The molecule has 0 aliphatic carbocycles. The average molecular weight is 345 g/mol. The van der Waals surface area contributed by atoms with Crippen LogP contribution < -0.4 is 10.9 Å². The second-order valence-electron chi connectivity index (χ2n) is 6.84. The van der Waals surface area contributed by atoms with Gasteiger partial charge in [-0.1, -0.05) is 56.6 Å². The average Bonchev–Trinajstić information content (AvgIpc) is 2.80. The lowest BCUT2D eigenvalue weighted by Gasteiger charge is -2.20. The molecule has 0 atom stereocenters. The van der Waals surface area contributed by atoms with E-state index < -0.39 is 0 Å². The molecule has 1 aliphatic heterocycles. The van der Waals surface area contributed by atoms with Crippen LogP contribution in [0.5, 0.6) is 0 Å². The Morgan fingerprint density at radius 2 is 1.58 bits per heavy atom. The molecule has 1 aliphatic rings. The number of benzene rings is 1. The SMILES string of the molecule is Cc1nn(C)c(C2=NNC(c3ccc(C(C)(C)C)cc3)=NN2)c1Cl. The summed E-state index contributed by atoms with van der Waals surface area (Å²) in [6.07, 6.45) is 0. The van der Waals surface area contributed by atoms with E-state index in [0.29, 0.717) is 22.4 Å². The minimum absolute atomic E-state index is 0.123. The second-order valence-corrected chi connectivity index (χ2v) is 7.22. The Hall–Kier alpha value is -2.34. The zero-order valence-electron chi connectivity index (χ0n) is 14.5. The number of halogens is 1. The maximum Gasteiger partial charge on any atom is 0.193 e. The van der Waals surface area contributed by atoms with E-state index in [1.54, 1.807) is 4.68 Å². The Balaban J connectivity index is 1.80. The lowest BCUT2D eigenvalue weighted by molar-refractivity contribution is 0.590. The molecule has 0 unspecified atom stereocenters. The molecule has 7 heteroatoms. The van der Waals surface area contributed by atoms with Gasteiger partial charge in [-0.15, -0.1) is 0 Å². The monoisotopic (exact) mass is 344 g/mol. The molecular formula is C17H21ClN6. The number of amidine groups is 2. The van der Waals surface area contributed by atoms with Crippen LogP contribution >= 0.6 is 11.6 Å². The number of aromatic nitrogens is 2. The van der Waals surface area contributed by atoms with E-state index in [1.165, 1.54) is 5.56 Å². The molecule has 0 fully saturated rings. The van der Waals surface area contributed by atoms with Gasteiger partial charge in [0.1, 0.15) is 5.69 Å². The highest BCUT2D eigenvalue weighted by atomic mass is 35.5. The maximum absolute atomic E-state index is 6.28. The van der Waals surface area contributed by atoms with Gasteiger partial charge in [0.25, 0.3) is 0 Å². The van der Waals surface area contributed by atoms with E-state index in [9.17, 15) is 0 Å². The van der Waals surface area contributed by atoms with Crippen LogP contribution in [0.15, 0.2) is 34.5 Å². The zero-order chi connectivity index (χ0) is 17.5. The highest BCUT2D eigenvalue weighted by Crippen LogP contribution is 2.23. The van der Waals surface area contributed by atoms with Gasteiger partial charge in [0.2, 0.25) is 0 Å². The molecule has 0 bridgehead atoms. The molecule has 2 heterocycles. The molecule has 1 aromatic carbocycles. The van der Waals surface area contributed by atoms with Gasteiger partial charge in [0.05, 0.1) is 10.7 Å². The third-order valence-electron chi connectivity index (χ3n) is 3.95. The number of hydrogen-bond acceptors (Lipinski definition) is 5. The fourth-order valence-corrected chi connectivity index (χ4v) is 2.77. The summed E-state index contributed by atoms with van der Waals surface area (Å²) < 4.78 is 1.68. The Morgan fingerprint density at radius 1 is 1.00 bits per heavy atom. The lowest BCUT2D eigenvalue weighted by Crippen LogP contribution is -2.35. The number of hydrazone groups is 2. The van der Waals surface area contributed by atoms with Crippen molar-refractivity contribution in [2.45, 2.75) is 33.1 Å². The van der Waals surface area contributed by atoms with Gasteiger partial charge in [-0.25, -0.2) is 0 Å². The molecule has 126 valence electrons. The van der Waals surface area contributed by atoms with Crippen molar-refractivity contribution in [1.82, 2.24) is 20.6 Å². The zero-order valence-corrected chi connectivity index (χ0v) is 15.2. The van der Waals surface area contributed by atoms with Crippen LogP contribution in [0, 0.1) is 6.92 Å². The summed E-state index contributed by atoms with van der Waals surface area (Å²) in [4.78, 5) is 0. The van der Waals surface area contributed by atoms with Gasteiger partial charge in [0.15, 0.2) is 11.7 Å². The molecule has 0 saturated heterocycles. The first-order chi connectivity index (χ1) is 11.3. The topological polar surface area (TPSA) is 66.6 Å². The number of rotatable bonds is 2. The number of aryl methyl sites for hydroxylation is 2. The van der Waals surface area contributed by atoms with Gasteiger partial charge in [0, 0.05) is 12.6 Å². The second kappa shape index (κ2) is 5.94.